The van der Waals surface area contributed by atoms with Gasteiger partial charge in [0.2, 0.25) is 5.91 Å². The van der Waals surface area contributed by atoms with Gasteiger partial charge in [-0.05, 0) is 6.42 Å². The number of hydrogen-bond donors (Lipinski definition) is 1. The Labute approximate surface area is 90.9 Å². The molecule has 1 fully saturated rings. The van der Waals surface area contributed by atoms with Gasteiger partial charge in [-0.15, -0.1) is 11.3 Å². The number of carbonyl (C=O) groups is 1. The number of amides is 1. The molecule has 2 aromatic rings. The van der Waals surface area contributed by atoms with E-state index in [1.807, 2.05) is 22.2 Å². The first-order valence-corrected chi connectivity index (χ1v) is 5.90. The van der Waals surface area contributed by atoms with Crippen LogP contribution in [0.15, 0.2) is 17.8 Å². The maximum absolute atomic E-state index is 11.4. The highest BCUT2D eigenvalue weighted by Crippen LogP contribution is 2.18. The Hall–Kier alpha value is -1.36. The molecule has 78 valence electrons. The summed E-state index contributed by atoms with van der Waals surface area (Å²) >= 11 is 1.62. The van der Waals surface area contributed by atoms with Gasteiger partial charge in [0.1, 0.15) is 0 Å². The van der Waals surface area contributed by atoms with Crippen LogP contribution in [0.1, 0.15) is 12.1 Å². The number of carbonyl (C=O) groups excluding carboxylic acids is 1. The molecule has 1 N–H and O–H groups in total. The zero-order chi connectivity index (χ0) is 10.3. The molecular weight excluding hydrogens is 210 g/mol. The summed E-state index contributed by atoms with van der Waals surface area (Å²) < 4.78 is 2.01. The van der Waals surface area contributed by atoms with E-state index in [1.165, 1.54) is 0 Å². The van der Waals surface area contributed by atoms with Crippen molar-refractivity contribution in [2.75, 3.05) is 6.54 Å². The van der Waals surface area contributed by atoms with Crippen LogP contribution < -0.4 is 5.32 Å². The quantitative estimate of drug-likeness (QED) is 0.824. The number of hydrogen-bond acceptors (Lipinski definition) is 3. The van der Waals surface area contributed by atoms with E-state index < -0.39 is 0 Å². The Bertz CT molecular complexity index is 473. The predicted octanol–water partition coefficient (Wildman–Crippen LogP) is 1.07. The molecule has 5 heteroatoms. The van der Waals surface area contributed by atoms with Crippen LogP contribution in [0.5, 0.6) is 0 Å². The fourth-order valence-corrected chi connectivity index (χ4v) is 2.69. The lowest BCUT2D eigenvalue weighted by molar-refractivity contribution is -0.122. The molecule has 1 unspecified atom stereocenters. The van der Waals surface area contributed by atoms with Crippen molar-refractivity contribution in [2.45, 2.75) is 12.8 Å². The SMILES string of the molecule is O=C1NCCC1Cc1cn2ccsc2n1. The van der Waals surface area contributed by atoms with Gasteiger partial charge in [-0.2, -0.15) is 0 Å². The van der Waals surface area contributed by atoms with Crippen LogP contribution in [0.25, 0.3) is 4.96 Å². The lowest BCUT2D eigenvalue weighted by Crippen LogP contribution is -2.20. The average Bonchev–Trinajstić information content (AvgIpc) is 2.83. The molecule has 0 aliphatic carbocycles. The summed E-state index contributed by atoms with van der Waals surface area (Å²) in [6.45, 7) is 0.811. The highest BCUT2D eigenvalue weighted by molar-refractivity contribution is 7.15. The molecule has 0 bridgehead atoms. The molecule has 15 heavy (non-hydrogen) atoms. The standard InChI is InChI=1S/C10H11N3OS/c14-9-7(1-2-11-9)5-8-6-13-3-4-15-10(13)12-8/h3-4,6-7H,1-2,5H2,(H,11,14). The van der Waals surface area contributed by atoms with Gasteiger partial charge >= 0.3 is 0 Å². The lowest BCUT2D eigenvalue weighted by Gasteiger charge is -2.02. The Kier molecular flexibility index (Phi) is 1.98. The van der Waals surface area contributed by atoms with E-state index >= 15 is 0 Å². The summed E-state index contributed by atoms with van der Waals surface area (Å²) in [6, 6.07) is 0. The minimum Gasteiger partial charge on any atom is -0.356 e. The molecule has 1 aliphatic rings. The average molecular weight is 221 g/mol. The molecule has 1 aliphatic heterocycles. The second kappa shape index (κ2) is 3.34. The Morgan fingerprint density at radius 3 is 3.33 bits per heavy atom. The number of nitrogens with one attached hydrogen (secondary N) is 1. The number of nitrogens with zero attached hydrogens (tertiary/aromatic N) is 2. The normalized spacial score (nSPS) is 21.1. The second-order valence-electron chi connectivity index (χ2n) is 3.81. The van der Waals surface area contributed by atoms with Crippen LogP contribution in [-0.2, 0) is 11.2 Å². The first kappa shape index (κ1) is 8.91. The molecule has 1 saturated heterocycles. The molecule has 2 aromatic heterocycles. The largest absolute Gasteiger partial charge is 0.356 e. The number of thiazole rings is 1. The van der Waals surface area contributed by atoms with E-state index in [2.05, 4.69) is 10.3 Å². The van der Waals surface area contributed by atoms with Gasteiger partial charge in [0, 0.05) is 36.7 Å². The monoisotopic (exact) mass is 221 g/mol. The minimum absolute atomic E-state index is 0.120. The summed E-state index contributed by atoms with van der Waals surface area (Å²) in [5.41, 5.74) is 1.02. The summed E-state index contributed by atoms with van der Waals surface area (Å²) in [7, 11) is 0. The Morgan fingerprint density at radius 1 is 1.67 bits per heavy atom. The molecule has 1 atom stereocenters. The fourth-order valence-electron chi connectivity index (χ4n) is 1.97. The predicted molar refractivity (Wildman–Crippen MR) is 57.9 cm³/mol. The van der Waals surface area contributed by atoms with Crippen LogP contribution in [-0.4, -0.2) is 21.8 Å². The molecule has 4 nitrogen and oxygen atoms in total. The minimum atomic E-state index is 0.120. The molecule has 0 aromatic carbocycles. The van der Waals surface area contributed by atoms with Crippen LogP contribution in [0.2, 0.25) is 0 Å². The van der Waals surface area contributed by atoms with E-state index in [1.54, 1.807) is 11.3 Å². The molecular formula is C10H11N3OS. The summed E-state index contributed by atoms with van der Waals surface area (Å²) in [4.78, 5) is 16.9. The topological polar surface area (TPSA) is 46.4 Å². The van der Waals surface area contributed by atoms with E-state index in [9.17, 15) is 4.79 Å². The first-order chi connectivity index (χ1) is 7.33. The van der Waals surface area contributed by atoms with Crippen molar-refractivity contribution < 1.29 is 4.79 Å². The third-order valence-corrected chi connectivity index (χ3v) is 3.53. The summed E-state index contributed by atoms with van der Waals surface area (Å²) in [5, 5.41) is 4.85. The zero-order valence-electron chi connectivity index (χ0n) is 8.14. The van der Waals surface area contributed by atoms with Gasteiger partial charge in [-0.3, -0.25) is 9.20 Å². The van der Waals surface area contributed by atoms with Crippen LogP contribution >= 0.6 is 11.3 Å². The van der Waals surface area contributed by atoms with Gasteiger partial charge in [-0.25, -0.2) is 4.98 Å². The maximum atomic E-state index is 11.4. The van der Waals surface area contributed by atoms with Gasteiger partial charge in [0.25, 0.3) is 0 Å². The summed E-state index contributed by atoms with van der Waals surface area (Å²) in [5.74, 6) is 0.293. The molecule has 1 amide bonds. The third-order valence-electron chi connectivity index (χ3n) is 2.76. The number of imidazole rings is 1. The number of aromatic nitrogens is 2. The number of fused-ring (bicyclic) bond motifs is 1. The maximum Gasteiger partial charge on any atom is 0.223 e. The van der Waals surface area contributed by atoms with Crippen molar-refractivity contribution in [3.05, 3.63) is 23.5 Å². The molecule has 0 saturated carbocycles. The lowest BCUT2D eigenvalue weighted by atomic mass is 10.0. The van der Waals surface area contributed by atoms with Gasteiger partial charge in [0.15, 0.2) is 4.96 Å². The van der Waals surface area contributed by atoms with Crippen LogP contribution in [0.4, 0.5) is 0 Å². The van der Waals surface area contributed by atoms with E-state index in [0.29, 0.717) is 0 Å². The second-order valence-corrected chi connectivity index (χ2v) is 4.68. The first-order valence-electron chi connectivity index (χ1n) is 5.02. The van der Waals surface area contributed by atoms with Gasteiger partial charge < -0.3 is 5.32 Å². The van der Waals surface area contributed by atoms with Crippen molar-refractivity contribution in [3.8, 4) is 0 Å². The van der Waals surface area contributed by atoms with E-state index in [-0.39, 0.29) is 11.8 Å². The van der Waals surface area contributed by atoms with Gasteiger partial charge in [-0.1, -0.05) is 0 Å². The molecule has 0 radical (unpaired) electrons. The van der Waals surface area contributed by atoms with Crippen molar-refractivity contribution in [1.82, 2.24) is 14.7 Å². The highest BCUT2D eigenvalue weighted by atomic mass is 32.1. The van der Waals surface area contributed by atoms with E-state index in [0.717, 1.165) is 30.0 Å². The van der Waals surface area contributed by atoms with Crippen molar-refractivity contribution in [2.24, 2.45) is 5.92 Å². The zero-order valence-corrected chi connectivity index (χ0v) is 8.96. The van der Waals surface area contributed by atoms with E-state index in [4.69, 9.17) is 0 Å². The van der Waals surface area contributed by atoms with Gasteiger partial charge in [0.05, 0.1) is 5.69 Å². The van der Waals surface area contributed by atoms with Crippen LogP contribution in [0.3, 0.4) is 0 Å². The molecule has 0 spiro atoms. The molecule has 3 rings (SSSR count). The molecule has 3 heterocycles. The Morgan fingerprint density at radius 2 is 2.60 bits per heavy atom. The third kappa shape index (κ3) is 1.52. The highest BCUT2D eigenvalue weighted by Gasteiger charge is 2.24. The smallest absolute Gasteiger partial charge is 0.223 e. The Balaban J connectivity index is 1.83. The summed E-state index contributed by atoms with van der Waals surface area (Å²) in [6.07, 6.45) is 5.70. The van der Waals surface area contributed by atoms with Crippen molar-refractivity contribution in [1.29, 1.82) is 0 Å². The fraction of sp³-hybridized carbons (Fsp3) is 0.400. The van der Waals surface area contributed by atoms with Crippen molar-refractivity contribution in [3.63, 3.8) is 0 Å². The number of rotatable bonds is 2. The van der Waals surface area contributed by atoms with Crippen LogP contribution in [0, 0.1) is 5.92 Å². The van der Waals surface area contributed by atoms with Crippen molar-refractivity contribution >= 4 is 22.2 Å².